The van der Waals surface area contributed by atoms with Crippen molar-refractivity contribution in [3.05, 3.63) is 51.3 Å². The number of rotatable bonds is 1. The topological polar surface area (TPSA) is 22.0 Å². The number of hydrogen-bond donors (Lipinski definition) is 0. The lowest BCUT2D eigenvalue weighted by Gasteiger charge is -2.17. The fraction of sp³-hybridized carbons (Fsp3) is 0.267. The summed E-state index contributed by atoms with van der Waals surface area (Å²) < 4.78 is 2.06. The molecule has 0 unspecified atom stereocenters. The van der Waals surface area contributed by atoms with Gasteiger partial charge in [-0.3, -0.25) is 4.79 Å². The maximum absolute atomic E-state index is 12.0. The summed E-state index contributed by atoms with van der Waals surface area (Å²) in [6, 6.07) is 7.53. The Morgan fingerprint density at radius 1 is 1.21 bits per heavy atom. The van der Waals surface area contributed by atoms with Crippen LogP contribution in [0.5, 0.6) is 0 Å². The minimum atomic E-state index is 0.223. The third-order valence-electron chi connectivity index (χ3n) is 3.58. The van der Waals surface area contributed by atoms with E-state index in [9.17, 15) is 4.79 Å². The van der Waals surface area contributed by atoms with E-state index in [0.717, 1.165) is 35.5 Å². The number of fused-ring (bicyclic) bond motifs is 1. The van der Waals surface area contributed by atoms with Crippen LogP contribution in [0.25, 0.3) is 5.69 Å². The van der Waals surface area contributed by atoms with Gasteiger partial charge in [-0.05, 0) is 38.0 Å². The van der Waals surface area contributed by atoms with Gasteiger partial charge in [0.2, 0.25) is 0 Å². The number of carbonyl (C=O) groups excluding carboxylic acids is 1. The van der Waals surface area contributed by atoms with E-state index in [4.69, 9.17) is 23.2 Å². The van der Waals surface area contributed by atoms with Crippen molar-refractivity contribution in [2.24, 2.45) is 0 Å². The van der Waals surface area contributed by atoms with Gasteiger partial charge < -0.3 is 4.57 Å². The molecule has 1 aliphatic rings. The Bertz CT molecular complexity index is 673. The second-order valence-corrected chi connectivity index (χ2v) is 5.62. The monoisotopic (exact) mass is 293 g/mol. The van der Waals surface area contributed by atoms with Crippen molar-refractivity contribution in [2.45, 2.75) is 26.2 Å². The molecule has 0 amide bonds. The largest absolute Gasteiger partial charge is 0.316 e. The molecule has 2 nitrogen and oxygen atoms in total. The third kappa shape index (κ3) is 1.99. The second-order valence-electron chi connectivity index (χ2n) is 4.83. The Kier molecular flexibility index (Phi) is 3.15. The lowest BCUT2D eigenvalue weighted by molar-refractivity contribution is 0.0972. The molecule has 98 valence electrons. The van der Waals surface area contributed by atoms with Gasteiger partial charge in [0.25, 0.3) is 0 Å². The first-order chi connectivity index (χ1) is 9.09. The van der Waals surface area contributed by atoms with Crippen molar-refractivity contribution in [2.75, 3.05) is 0 Å². The highest BCUT2D eigenvalue weighted by atomic mass is 35.5. The van der Waals surface area contributed by atoms with Gasteiger partial charge in [-0.1, -0.05) is 29.3 Å². The average molecular weight is 294 g/mol. The molecule has 0 spiro atoms. The molecule has 0 N–H and O–H groups in total. The summed E-state index contributed by atoms with van der Waals surface area (Å²) in [6.45, 7) is 1.99. The first-order valence-corrected chi connectivity index (χ1v) is 7.04. The maximum atomic E-state index is 12.0. The van der Waals surface area contributed by atoms with Crippen LogP contribution in [0, 0.1) is 6.92 Å². The molecule has 4 heteroatoms. The Morgan fingerprint density at radius 2 is 2.00 bits per heavy atom. The van der Waals surface area contributed by atoms with Crippen molar-refractivity contribution in [3.8, 4) is 5.69 Å². The molecule has 0 fully saturated rings. The van der Waals surface area contributed by atoms with Gasteiger partial charge in [-0.25, -0.2) is 0 Å². The van der Waals surface area contributed by atoms with Crippen LogP contribution in [-0.2, 0) is 6.42 Å². The second kappa shape index (κ2) is 4.69. The number of aromatic nitrogens is 1. The van der Waals surface area contributed by atoms with Gasteiger partial charge in [-0.2, -0.15) is 0 Å². The van der Waals surface area contributed by atoms with Crippen molar-refractivity contribution in [1.82, 2.24) is 4.57 Å². The van der Waals surface area contributed by atoms with Crippen LogP contribution in [0.2, 0.25) is 10.0 Å². The van der Waals surface area contributed by atoms with Crippen LogP contribution in [0.15, 0.2) is 24.3 Å². The Balaban J connectivity index is 2.26. The molecule has 0 saturated heterocycles. The summed E-state index contributed by atoms with van der Waals surface area (Å²) >= 11 is 12.4. The highest BCUT2D eigenvalue weighted by Gasteiger charge is 2.24. The molecule has 2 aromatic rings. The quantitative estimate of drug-likeness (QED) is 0.752. The van der Waals surface area contributed by atoms with E-state index in [1.165, 1.54) is 0 Å². The summed E-state index contributed by atoms with van der Waals surface area (Å²) in [5.74, 6) is 0.223. The van der Waals surface area contributed by atoms with Crippen LogP contribution < -0.4 is 0 Å². The van der Waals surface area contributed by atoms with Crippen molar-refractivity contribution >= 4 is 29.0 Å². The van der Waals surface area contributed by atoms with Gasteiger partial charge in [0.05, 0.1) is 15.7 Å². The summed E-state index contributed by atoms with van der Waals surface area (Å²) in [7, 11) is 0. The average Bonchev–Trinajstić information content (AvgIpc) is 2.71. The van der Waals surface area contributed by atoms with E-state index in [0.29, 0.717) is 16.5 Å². The number of nitrogens with zero attached hydrogens (tertiary/aromatic N) is 1. The van der Waals surface area contributed by atoms with Gasteiger partial charge in [0.15, 0.2) is 5.78 Å². The first kappa shape index (κ1) is 12.8. The molecular weight excluding hydrogens is 281 g/mol. The predicted octanol–water partition coefficient (Wildman–Crippen LogP) is 4.61. The zero-order valence-electron chi connectivity index (χ0n) is 10.5. The number of hydrogen-bond acceptors (Lipinski definition) is 1. The normalized spacial score (nSPS) is 14.6. The molecule has 0 atom stereocenters. The summed E-state index contributed by atoms with van der Waals surface area (Å²) in [4.78, 5) is 12.0. The molecule has 1 aromatic carbocycles. The predicted molar refractivity (Wildman–Crippen MR) is 77.8 cm³/mol. The van der Waals surface area contributed by atoms with Crippen LogP contribution in [0.1, 0.15) is 34.6 Å². The standard InChI is InChI=1S/C15H13Cl2NO/c1-9-8-10-12(5-3-7-14(10)19)18(9)13-6-2-4-11(16)15(13)17/h2,4,6,8H,3,5,7H2,1H3. The molecule has 0 saturated carbocycles. The number of halogens is 2. The molecule has 0 bridgehead atoms. The van der Waals surface area contributed by atoms with E-state index in [2.05, 4.69) is 4.57 Å². The molecule has 0 aliphatic heterocycles. The Labute approximate surface area is 121 Å². The smallest absolute Gasteiger partial charge is 0.164 e. The summed E-state index contributed by atoms with van der Waals surface area (Å²) in [6.07, 6.45) is 2.44. The molecule has 0 radical (unpaired) electrons. The fourth-order valence-corrected chi connectivity index (χ4v) is 3.11. The highest BCUT2D eigenvalue weighted by Crippen LogP contribution is 2.34. The number of benzene rings is 1. The Hall–Kier alpha value is -1.25. The van der Waals surface area contributed by atoms with Crippen molar-refractivity contribution in [3.63, 3.8) is 0 Å². The van der Waals surface area contributed by atoms with Crippen LogP contribution >= 0.6 is 23.2 Å². The summed E-state index contributed by atoms with van der Waals surface area (Å²) in [5, 5.41) is 1.06. The summed E-state index contributed by atoms with van der Waals surface area (Å²) in [5.41, 5.74) is 3.75. The van der Waals surface area contributed by atoms with Crippen molar-refractivity contribution in [1.29, 1.82) is 0 Å². The van der Waals surface area contributed by atoms with Crippen LogP contribution in [0.3, 0.4) is 0 Å². The minimum Gasteiger partial charge on any atom is -0.316 e. The van der Waals surface area contributed by atoms with Gasteiger partial charge >= 0.3 is 0 Å². The molecule has 1 heterocycles. The van der Waals surface area contributed by atoms with Gasteiger partial charge in [-0.15, -0.1) is 0 Å². The number of carbonyl (C=O) groups is 1. The lowest BCUT2D eigenvalue weighted by Crippen LogP contribution is -2.12. The zero-order chi connectivity index (χ0) is 13.6. The van der Waals surface area contributed by atoms with E-state index < -0.39 is 0 Å². The Morgan fingerprint density at radius 3 is 2.79 bits per heavy atom. The fourth-order valence-electron chi connectivity index (χ4n) is 2.73. The minimum absolute atomic E-state index is 0.223. The van der Waals surface area contributed by atoms with E-state index in [1.807, 2.05) is 25.1 Å². The van der Waals surface area contributed by atoms with Crippen LogP contribution in [-0.4, -0.2) is 10.4 Å². The SMILES string of the molecule is Cc1cc2c(n1-c1cccc(Cl)c1Cl)CCCC2=O. The van der Waals surface area contributed by atoms with E-state index >= 15 is 0 Å². The van der Waals surface area contributed by atoms with E-state index in [-0.39, 0.29) is 5.78 Å². The zero-order valence-corrected chi connectivity index (χ0v) is 12.1. The molecule has 19 heavy (non-hydrogen) atoms. The molecule has 3 rings (SSSR count). The van der Waals surface area contributed by atoms with Gasteiger partial charge in [0, 0.05) is 23.4 Å². The third-order valence-corrected chi connectivity index (χ3v) is 4.39. The molecule has 1 aliphatic carbocycles. The molecule has 1 aromatic heterocycles. The first-order valence-electron chi connectivity index (χ1n) is 6.28. The highest BCUT2D eigenvalue weighted by molar-refractivity contribution is 6.43. The number of ketones is 1. The van der Waals surface area contributed by atoms with E-state index in [1.54, 1.807) is 6.07 Å². The van der Waals surface area contributed by atoms with Gasteiger partial charge in [0.1, 0.15) is 0 Å². The van der Waals surface area contributed by atoms with Crippen LogP contribution in [0.4, 0.5) is 0 Å². The van der Waals surface area contributed by atoms with Crippen molar-refractivity contribution < 1.29 is 4.79 Å². The molecular formula is C15H13Cl2NO. The maximum Gasteiger partial charge on any atom is 0.164 e. The number of Topliss-reactive ketones (excluding diaryl/α,β-unsaturated/α-hetero) is 1. The lowest BCUT2D eigenvalue weighted by atomic mass is 9.96. The number of aryl methyl sites for hydroxylation is 1.